The Kier molecular flexibility index (Phi) is 3.27. The predicted molar refractivity (Wildman–Crippen MR) is 62.7 cm³/mol. The van der Waals surface area contributed by atoms with Gasteiger partial charge in [0.05, 0.1) is 22.7 Å². The molecule has 6 nitrogen and oxygen atoms in total. The molecular formula is C9H18N4O2S. The van der Waals surface area contributed by atoms with E-state index in [9.17, 15) is 8.42 Å². The lowest BCUT2D eigenvalue weighted by molar-refractivity contribution is 0.542. The molecule has 1 aromatic rings. The van der Waals surface area contributed by atoms with Crippen LogP contribution in [0.3, 0.4) is 0 Å². The molecule has 7 heteroatoms. The molecule has 0 atom stereocenters. The van der Waals surface area contributed by atoms with E-state index in [0.717, 1.165) is 0 Å². The highest BCUT2D eigenvalue weighted by atomic mass is 32.2. The van der Waals surface area contributed by atoms with Crippen LogP contribution in [0.2, 0.25) is 0 Å². The first kappa shape index (κ1) is 13.0. The maximum absolute atomic E-state index is 11.9. The van der Waals surface area contributed by atoms with E-state index in [2.05, 4.69) is 10.3 Å². The zero-order valence-corrected chi connectivity index (χ0v) is 10.9. The molecule has 0 saturated carbocycles. The zero-order chi connectivity index (χ0) is 12.6. The molecule has 0 unspecified atom stereocenters. The third-order valence-corrected chi connectivity index (χ3v) is 5.11. The molecule has 0 bridgehead atoms. The molecule has 0 aromatic carbocycles. The van der Waals surface area contributed by atoms with E-state index < -0.39 is 14.6 Å². The molecule has 1 aromatic heterocycles. The number of rotatable bonds is 3. The molecule has 0 aliphatic heterocycles. The molecule has 0 aliphatic rings. The van der Waals surface area contributed by atoms with Gasteiger partial charge in [-0.1, -0.05) is 5.21 Å². The van der Waals surface area contributed by atoms with E-state index >= 15 is 0 Å². The summed E-state index contributed by atoms with van der Waals surface area (Å²) in [5, 5.41) is 7.45. The fourth-order valence-corrected chi connectivity index (χ4v) is 2.12. The molecule has 2 N–H and O–H groups in total. The summed E-state index contributed by atoms with van der Waals surface area (Å²) in [4.78, 5) is 0. The van der Waals surface area contributed by atoms with Gasteiger partial charge in [-0.15, -0.1) is 5.10 Å². The lowest BCUT2D eigenvalue weighted by Gasteiger charge is -2.18. The van der Waals surface area contributed by atoms with Gasteiger partial charge in [0.15, 0.2) is 15.7 Å². The lowest BCUT2D eigenvalue weighted by atomic mass is 10.3. The molecule has 92 valence electrons. The number of aromatic nitrogens is 3. The minimum absolute atomic E-state index is 0.0418. The molecule has 0 saturated heterocycles. The topological polar surface area (TPSA) is 90.9 Å². The molecule has 0 amide bonds. The van der Waals surface area contributed by atoms with Crippen LogP contribution in [0.5, 0.6) is 0 Å². The van der Waals surface area contributed by atoms with Crippen LogP contribution in [0.4, 0.5) is 5.82 Å². The third kappa shape index (κ3) is 2.52. The van der Waals surface area contributed by atoms with Crippen molar-refractivity contribution in [1.29, 1.82) is 0 Å². The van der Waals surface area contributed by atoms with Gasteiger partial charge < -0.3 is 5.73 Å². The third-order valence-electron chi connectivity index (χ3n) is 2.52. The zero-order valence-electron chi connectivity index (χ0n) is 10.1. The summed E-state index contributed by atoms with van der Waals surface area (Å²) in [7, 11) is -3.13. The van der Waals surface area contributed by atoms with E-state index in [1.54, 1.807) is 27.7 Å². The number of nitrogens with zero attached hydrogens (tertiary/aromatic N) is 3. The molecule has 0 aliphatic carbocycles. The van der Waals surface area contributed by atoms with Crippen molar-refractivity contribution in [3.05, 3.63) is 5.69 Å². The normalized spacial score (nSPS) is 13.0. The highest BCUT2D eigenvalue weighted by Crippen LogP contribution is 2.16. The van der Waals surface area contributed by atoms with Crippen molar-refractivity contribution in [2.24, 2.45) is 0 Å². The van der Waals surface area contributed by atoms with E-state index in [0.29, 0.717) is 11.5 Å². The minimum atomic E-state index is -3.13. The van der Waals surface area contributed by atoms with E-state index in [1.165, 1.54) is 4.68 Å². The Morgan fingerprint density at radius 1 is 1.38 bits per heavy atom. The first-order valence-electron chi connectivity index (χ1n) is 5.03. The second kappa shape index (κ2) is 4.04. The van der Waals surface area contributed by atoms with Crippen molar-refractivity contribution in [2.75, 3.05) is 11.5 Å². The summed E-state index contributed by atoms with van der Waals surface area (Å²) < 4.78 is 24.5. The minimum Gasteiger partial charge on any atom is -0.381 e. The van der Waals surface area contributed by atoms with E-state index in [1.807, 2.05) is 0 Å². The van der Waals surface area contributed by atoms with Gasteiger partial charge >= 0.3 is 0 Å². The molecule has 1 heterocycles. The van der Waals surface area contributed by atoms with Crippen LogP contribution < -0.4 is 5.73 Å². The first-order chi connectivity index (χ1) is 7.15. The average molecular weight is 246 g/mol. The number of hydrogen-bond acceptors (Lipinski definition) is 5. The molecule has 16 heavy (non-hydrogen) atoms. The predicted octanol–water partition coefficient (Wildman–Crippen LogP) is 0.382. The van der Waals surface area contributed by atoms with Gasteiger partial charge in [0.2, 0.25) is 0 Å². The van der Waals surface area contributed by atoms with E-state index in [4.69, 9.17) is 5.73 Å². The van der Waals surface area contributed by atoms with Crippen LogP contribution in [0, 0.1) is 6.92 Å². The number of nitrogens with two attached hydrogens (primary N) is 1. The number of nitrogen functional groups attached to an aromatic ring is 1. The summed E-state index contributed by atoms with van der Waals surface area (Å²) in [6, 6.07) is 0. The molecule has 1 rings (SSSR count). The van der Waals surface area contributed by atoms with Crippen molar-refractivity contribution in [3.63, 3.8) is 0 Å². The monoisotopic (exact) mass is 246 g/mol. The lowest BCUT2D eigenvalue weighted by Crippen LogP contribution is -2.32. The quantitative estimate of drug-likeness (QED) is 0.832. The number of sulfone groups is 1. The fraction of sp³-hybridized carbons (Fsp3) is 0.778. The summed E-state index contributed by atoms with van der Waals surface area (Å²) in [6.45, 7) is 7.11. The van der Waals surface area contributed by atoms with Gasteiger partial charge in [-0.25, -0.2) is 13.1 Å². The van der Waals surface area contributed by atoms with Crippen molar-refractivity contribution in [3.8, 4) is 0 Å². The highest BCUT2D eigenvalue weighted by Gasteiger charge is 2.28. The summed E-state index contributed by atoms with van der Waals surface area (Å²) >= 11 is 0. The first-order valence-corrected chi connectivity index (χ1v) is 6.68. The number of hydrogen-bond donors (Lipinski definition) is 1. The van der Waals surface area contributed by atoms with Crippen LogP contribution in [0.1, 0.15) is 26.5 Å². The Bertz CT molecular complexity index is 470. The van der Waals surface area contributed by atoms with Gasteiger partial charge in [0.1, 0.15) is 0 Å². The van der Waals surface area contributed by atoms with Gasteiger partial charge in [0, 0.05) is 0 Å². The Labute approximate surface area is 95.7 Å². The van der Waals surface area contributed by atoms with Crippen LogP contribution in [0.15, 0.2) is 0 Å². The van der Waals surface area contributed by atoms with Gasteiger partial charge in [0.25, 0.3) is 0 Å². The molecule has 0 radical (unpaired) electrons. The van der Waals surface area contributed by atoms with Crippen molar-refractivity contribution in [2.45, 2.75) is 39.0 Å². The second-order valence-corrected chi connectivity index (χ2v) is 7.58. The van der Waals surface area contributed by atoms with Crippen molar-refractivity contribution in [1.82, 2.24) is 15.0 Å². The van der Waals surface area contributed by atoms with Gasteiger partial charge in [-0.3, -0.25) is 0 Å². The number of anilines is 1. The average Bonchev–Trinajstić information content (AvgIpc) is 2.43. The Balaban J connectivity index is 2.77. The second-order valence-electron chi connectivity index (χ2n) is 4.71. The van der Waals surface area contributed by atoms with Crippen LogP contribution in [0.25, 0.3) is 0 Å². The van der Waals surface area contributed by atoms with Crippen molar-refractivity contribution >= 4 is 15.7 Å². The summed E-state index contributed by atoms with van der Waals surface area (Å²) in [5.74, 6) is 0.383. The Hall–Kier alpha value is -1.11. The molecular weight excluding hydrogens is 228 g/mol. The van der Waals surface area contributed by atoms with Crippen molar-refractivity contribution < 1.29 is 8.42 Å². The largest absolute Gasteiger partial charge is 0.381 e. The van der Waals surface area contributed by atoms with E-state index in [-0.39, 0.29) is 12.3 Å². The van der Waals surface area contributed by atoms with Crippen LogP contribution in [-0.2, 0) is 16.4 Å². The Morgan fingerprint density at radius 3 is 2.31 bits per heavy atom. The maximum Gasteiger partial charge on any atom is 0.168 e. The SMILES string of the molecule is Cc1c(N)nnn1CCS(=O)(=O)C(C)(C)C. The number of aryl methyl sites for hydroxylation is 1. The summed E-state index contributed by atoms with van der Waals surface area (Å²) in [6.07, 6.45) is 0. The standard InChI is InChI=1S/C9H18N4O2S/c1-7-8(10)11-12-13(7)5-6-16(14,15)9(2,3)4/h5-6,10H2,1-4H3. The van der Waals surface area contributed by atoms with Crippen LogP contribution >= 0.6 is 0 Å². The smallest absolute Gasteiger partial charge is 0.168 e. The fourth-order valence-electron chi connectivity index (χ4n) is 1.10. The van der Waals surface area contributed by atoms with Gasteiger partial charge in [-0.2, -0.15) is 0 Å². The van der Waals surface area contributed by atoms with Crippen LogP contribution in [-0.4, -0.2) is 33.9 Å². The van der Waals surface area contributed by atoms with Gasteiger partial charge in [-0.05, 0) is 27.7 Å². The maximum atomic E-state index is 11.9. The highest BCUT2D eigenvalue weighted by molar-refractivity contribution is 7.92. The molecule has 0 spiro atoms. The molecule has 0 fully saturated rings. The summed E-state index contributed by atoms with van der Waals surface area (Å²) in [5.41, 5.74) is 6.22. The Morgan fingerprint density at radius 2 is 1.94 bits per heavy atom.